The van der Waals surface area contributed by atoms with E-state index < -0.39 is 5.97 Å². The molecule has 114 valence electrons. The molecule has 1 N–H and O–H groups in total. The van der Waals surface area contributed by atoms with Crippen molar-refractivity contribution in [2.45, 2.75) is 25.0 Å². The molecule has 1 aliphatic carbocycles. The van der Waals surface area contributed by atoms with Crippen molar-refractivity contribution in [2.75, 3.05) is 38.7 Å². The molecule has 0 radical (unpaired) electrons. The van der Waals surface area contributed by atoms with Gasteiger partial charge in [0.15, 0.2) is 5.69 Å². The van der Waals surface area contributed by atoms with Crippen molar-refractivity contribution in [1.29, 1.82) is 0 Å². The Kier molecular flexibility index (Phi) is 4.31. The van der Waals surface area contributed by atoms with Crippen molar-refractivity contribution in [3.63, 3.8) is 0 Å². The number of anilines is 1. The van der Waals surface area contributed by atoms with Crippen LogP contribution in [0.3, 0.4) is 0 Å². The maximum absolute atomic E-state index is 11.3. The lowest BCUT2D eigenvalue weighted by Crippen LogP contribution is -2.46. The van der Waals surface area contributed by atoms with Gasteiger partial charge in [0, 0.05) is 25.7 Å². The van der Waals surface area contributed by atoms with Gasteiger partial charge in [-0.05, 0) is 25.0 Å². The Morgan fingerprint density at radius 3 is 3.00 bits per heavy atom. The van der Waals surface area contributed by atoms with E-state index in [0.717, 1.165) is 25.7 Å². The Bertz CT molecular complexity index is 489. The summed E-state index contributed by atoms with van der Waals surface area (Å²) in [7, 11) is 1.32. The van der Waals surface area contributed by atoms with Crippen molar-refractivity contribution in [1.82, 2.24) is 15.1 Å². The van der Waals surface area contributed by atoms with Crippen molar-refractivity contribution >= 4 is 11.8 Å². The highest BCUT2D eigenvalue weighted by Gasteiger charge is 2.32. The molecule has 0 aromatic carbocycles. The third kappa shape index (κ3) is 3.68. The van der Waals surface area contributed by atoms with Gasteiger partial charge in [-0.25, -0.2) is 4.79 Å². The van der Waals surface area contributed by atoms with Crippen LogP contribution in [0.2, 0.25) is 0 Å². The Balaban J connectivity index is 1.49. The molecule has 0 bridgehead atoms. The van der Waals surface area contributed by atoms with Crippen LogP contribution in [0, 0.1) is 0 Å². The number of rotatable bonds is 5. The number of esters is 1. The molecule has 1 unspecified atom stereocenters. The highest BCUT2D eigenvalue weighted by Crippen LogP contribution is 2.28. The van der Waals surface area contributed by atoms with E-state index in [1.54, 1.807) is 12.1 Å². The van der Waals surface area contributed by atoms with Gasteiger partial charge in [0.05, 0.1) is 19.8 Å². The number of methoxy groups -OCH3 is 1. The van der Waals surface area contributed by atoms with E-state index in [9.17, 15) is 4.79 Å². The van der Waals surface area contributed by atoms with Gasteiger partial charge in [0.2, 0.25) is 0 Å². The van der Waals surface area contributed by atoms with Crippen molar-refractivity contribution in [2.24, 2.45) is 0 Å². The minimum atomic E-state index is -0.482. The fourth-order valence-corrected chi connectivity index (χ4v) is 2.50. The maximum Gasteiger partial charge on any atom is 0.358 e. The molecule has 1 saturated carbocycles. The van der Waals surface area contributed by atoms with Crippen LogP contribution in [0.1, 0.15) is 23.3 Å². The number of nitrogens with zero attached hydrogens (tertiary/aromatic N) is 3. The van der Waals surface area contributed by atoms with Crippen LogP contribution >= 0.6 is 0 Å². The number of carbonyl (C=O) groups excluding carboxylic acids is 1. The lowest BCUT2D eigenvalue weighted by molar-refractivity contribution is -0.0241. The Labute approximate surface area is 123 Å². The van der Waals surface area contributed by atoms with Gasteiger partial charge in [0.1, 0.15) is 5.82 Å². The number of morpholine rings is 1. The van der Waals surface area contributed by atoms with Crippen molar-refractivity contribution in [3.8, 4) is 0 Å². The van der Waals surface area contributed by atoms with Crippen LogP contribution in [-0.4, -0.2) is 66.6 Å². The van der Waals surface area contributed by atoms with Crippen molar-refractivity contribution < 1.29 is 14.3 Å². The Morgan fingerprint density at radius 2 is 2.33 bits per heavy atom. The molecule has 7 nitrogen and oxygen atoms in total. The summed E-state index contributed by atoms with van der Waals surface area (Å²) in [5.74, 6) is 0.152. The first-order valence-electron chi connectivity index (χ1n) is 7.28. The van der Waals surface area contributed by atoms with Gasteiger partial charge in [0.25, 0.3) is 0 Å². The van der Waals surface area contributed by atoms with Crippen molar-refractivity contribution in [3.05, 3.63) is 17.8 Å². The Morgan fingerprint density at radius 1 is 1.48 bits per heavy atom. The van der Waals surface area contributed by atoms with Gasteiger partial charge in [-0.1, -0.05) is 0 Å². The predicted octanol–water partition coefficient (Wildman–Crippen LogP) is 0.538. The average Bonchev–Trinajstić information content (AvgIpc) is 3.38. The molecular weight excluding hydrogens is 272 g/mol. The molecule has 1 saturated heterocycles. The monoisotopic (exact) mass is 292 g/mol. The molecule has 2 heterocycles. The molecule has 2 fully saturated rings. The zero-order chi connectivity index (χ0) is 14.7. The number of carbonyl (C=O) groups is 1. The molecule has 1 atom stereocenters. The van der Waals surface area contributed by atoms with Gasteiger partial charge in [-0.15, -0.1) is 10.2 Å². The van der Waals surface area contributed by atoms with Crippen LogP contribution in [0.15, 0.2) is 12.1 Å². The summed E-state index contributed by atoms with van der Waals surface area (Å²) >= 11 is 0. The number of aromatic nitrogens is 2. The number of hydrogen-bond donors (Lipinski definition) is 1. The fraction of sp³-hybridized carbons (Fsp3) is 0.643. The first-order valence-corrected chi connectivity index (χ1v) is 7.28. The molecule has 1 aliphatic heterocycles. The molecule has 0 amide bonds. The van der Waals surface area contributed by atoms with Gasteiger partial charge < -0.3 is 14.8 Å². The molecule has 0 spiro atoms. The average molecular weight is 292 g/mol. The topological polar surface area (TPSA) is 76.6 Å². The molecule has 21 heavy (non-hydrogen) atoms. The summed E-state index contributed by atoms with van der Waals surface area (Å²) in [4.78, 5) is 13.8. The molecular formula is C14H20N4O3. The normalized spacial score (nSPS) is 22.8. The molecule has 1 aromatic heterocycles. The highest BCUT2D eigenvalue weighted by atomic mass is 16.5. The molecule has 3 rings (SSSR count). The van der Waals surface area contributed by atoms with Crippen LogP contribution in [-0.2, 0) is 9.47 Å². The lowest BCUT2D eigenvalue weighted by atomic mass is 10.2. The Hall–Kier alpha value is -1.73. The second-order valence-corrected chi connectivity index (χ2v) is 5.40. The number of ether oxygens (including phenoxy) is 2. The van der Waals surface area contributed by atoms with Crippen LogP contribution in [0.25, 0.3) is 0 Å². The standard InChI is InChI=1S/C14H20N4O3/c1-20-14(19)12-4-5-13(17-16-12)15-8-11-9-18(6-7-21-11)10-2-3-10/h4-5,10-11H,2-3,6-9H2,1H3,(H,15,17). The third-order valence-corrected chi connectivity index (χ3v) is 3.80. The minimum Gasteiger partial charge on any atom is -0.464 e. The van der Waals surface area contributed by atoms with Gasteiger partial charge >= 0.3 is 5.97 Å². The van der Waals surface area contributed by atoms with E-state index in [1.165, 1.54) is 20.0 Å². The predicted molar refractivity (Wildman–Crippen MR) is 76.2 cm³/mol. The summed E-state index contributed by atoms with van der Waals surface area (Å²) in [6.45, 7) is 3.48. The van der Waals surface area contributed by atoms with Crippen LogP contribution in [0.5, 0.6) is 0 Å². The first kappa shape index (κ1) is 14.2. The van der Waals surface area contributed by atoms with Gasteiger partial charge in [-0.3, -0.25) is 4.90 Å². The third-order valence-electron chi connectivity index (χ3n) is 3.80. The molecule has 1 aromatic rings. The fourth-order valence-electron chi connectivity index (χ4n) is 2.50. The van der Waals surface area contributed by atoms with E-state index in [4.69, 9.17) is 4.74 Å². The quantitative estimate of drug-likeness (QED) is 0.794. The van der Waals surface area contributed by atoms with E-state index >= 15 is 0 Å². The second kappa shape index (κ2) is 6.36. The van der Waals surface area contributed by atoms with E-state index in [2.05, 4.69) is 25.2 Å². The maximum atomic E-state index is 11.3. The van der Waals surface area contributed by atoms with E-state index in [-0.39, 0.29) is 11.8 Å². The summed E-state index contributed by atoms with van der Waals surface area (Å²) in [5.41, 5.74) is 0.205. The van der Waals surface area contributed by atoms with Crippen LogP contribution < -0.4 is 5.32 Å². The summed E-state index contributed by atoms with van der Waals surface area (Å²) in [6.07, 6.45) is 2.81. The number of nitrogens with one attached hydrogen (secondary N) is 1. The summed E-state index contributed by atoms with van der Waals surface area (Å²) in [5, 5.41) is 11.0. The minimum absolute atomic E-state index is 0.168. The SMILES string of the molecule is COC(=O)c1ccc(NCC2CN(C3CC3)CCO2)nn1. The largest absolute Gasteiger partial charge is 0.464 e. The highest BCUT2D eigenvalue weighted by molar-refractivity contribution is 5.86. The van der Waals surface area contributed by atoms with E-state index in [0.29, 0.717) is 12.4 Å². The first-order chi connectivity index (χ1) is 10.3. The van der Waals surface area contributed by atoms with Gasteiger partial charge in [-0.2, -0.15) is 0 Å². The second-order valence-electron chi connectivity index (χ2n) is 5.40. The number of hydrogen-bond acceptors (Lipinski definition) is 7. The smallest absolute Gasteiger partial charge is 0.358 e. The lowest BCUT2D eigenvalue weighted by Gasteiger charge is -2.33. The molecule has 7 heteroatoms. The summed E-state index contributed by atoms with van der Waals surface area (Å²) < 4.78 is 10.3. The van der Waals surface area contributed by atoms with Crippen LogP contribution in [0.4, 0.5) is 5.82 Å². The van der Waals surface area contributed by atoms with E-state index in [1.807, 2.05) is 0 Å². The zero-order valence-corrected chi connectivity index (χ0v) is 12.1. The summed E-state index contributed by atoms with van der Waals surface area (Å²) in [6, 6.07) is 4.09. The zero-order valence-electron chi connectivity index (χ0n) is 12.1. The molecule has 2 aliphatic rings.